The molecule has 94 valence electrons. The molecule has 9 heteroatoms. The summed E-state index contributed by atoms with van der Waals surface area (Å²) in [6.07, 6.45) is -3.35. The van der Waals surface area contributed by atoms with Gasteiger partial charge in [0, 0.05) is 0 Å². The van der Waals surface area contributed by atoms with Crippen LogP contribution in [0.5, 0.6) is 0 Å². The first-order valence-electron chi connectivity index (χ1n) is 4.53. The molecule has 0 bridgehead atoms. The number of imidazole rings is 1. The van der Waals surface area contributed by atoms with Gasteiger partial charge in [-0.15, -0.1) is 5.10 Å². The van der Waals surface area contributed by atoms with E-state index in [0.29, 0.717) is 0 Å². The van der Waals surface area contributed by atoms with Crippen molar-refractivity contribution >= 4 is 33.2 Å². The van der Waals surface area contributed by atoms with Crippen LogP contribution in [0.2, 0.25) is 5.15 Å². The quantitative estimate of drug-likeness (QED) is 0.741. The molecule has 0 saturated carbocycles. The van der Waals surface area contributed by atoms with E-state index in [9.17, 15) is 13.2 Å². The molecular formula is C8H7BrClF3N4. The lowest BCUT2D eigenvalue weighted by Crippen LogP contribution is -2.14. The van der Waals surface area contributed by atoms with Crippen molar-refractivity contribution in [3.8, 4) is 0 Å². The summed E-state index contributed by atoms with van der Waals surface area (Å²) in [6.45, 7) is 4.00. The van der Waals surface area contributed by atoms with E-state index in [0.717, 1.165) is 4.52 Å². The molecule has 0 aliphatic carbocycles. The Hall–Kier alpha value is -0.890. The molecular weight excluding hydrogens is 324 g/mol. The van der Waals surface area contributed by atoms with E-state index < -0.39 is 12.0 Å². The Morgan fingerprint density at radius 2 is 1.94 bits per heavy atom. The highest BCUT2D eigenvalue weighted by Crippen LogP contribution is 2.28. The van der Waals surface area contributed by atoms with E-state index in [1.54, 1.807) is 0 Å². The standard InChI is InChI=1S/C6HBrClF3N4.C2H6/c7-2-1-12-4-3(8)13-5(6(9,10)11)14-15(2)4;1-2/h1H;1-2H3. The molecule has 0 N–H and O–H groups in total. The van der Waals surface area contributed by atoms with Crippen LogP contribution in [-0.2, 0) is 6.18 Å². The van der Waals surface area contributed by atoms with Crippen LogP contribution in [0.25, 0.3) is 5.65 Å². The Kier molecular flexibility index (Phi) is 4.31. The first-order chi connectivity index (χ1) is 7.89. The third kappa shape index (κ3) is 2.86. The largest absolute Gasteiger partial charge is 0.453 e. The van der Waals surface area contributed by atoms with Crippen LogP contribution in [0.15, 0.2) is 10.8 Å². The zero-order chi connectivity index (χ0) is 13.2. The van der Waals surface area contributed by atoms with Crippen molar-refractivity contribution in [1.82, 2.24) is 19.6 Å². The molecule has 17 heavy (non-hydrogen) atoms. The topological polar surface area (TPSA) is 43.1 Å². The van der Waals surface area contributed by atoms with E-state index in [-0.39, 0.29) is 15.4 Å². The van der Waals surface area contributed by atoms with Crippen LogP contribution in [-0.4, -0.2) is 19.6 Å². The summed E-state index contributed by atoms with van der Waals surface area (Å²) in [5.74, 6) is -1.31. The molecule has 0 spiro atoms. The Labute approximate surface area is 108 Å². The molecule has 0 saturated heterocycles. The van der Waals surface area contributed by atoms with Gasteiger partial charge < -0.3 is 0 Å². The number of nitrogens with zero attached hydrogens (tertiary/aromatic N) is 4. The first-order valence-corrected chi connectivity index (χ1v) is 5.70. The van der Waals surface area contributed by atoms with Crippen molar-refractivity contribution in [2.24, 2.45) is 0 Å². The number of alkyl halides is 3. The van der Waals surface area contributed by atoms with Crippen LogP contribution < -0.4 is 0 Å². The highest BCUT2D eigenvalue weighted by Gasteiger charge is 2.36. The lowest BCUT2D eigenvalue weighted by atomic mass is 10.6. The van der Waals surface area contributed by atoms with E-state index >= 15 is 0 Å². The summed E-state index contributed by atoms with van der Waals surface area (Å²) in [5.41, 5.74) is 0.0662. The summed E-state index contributed by atoms with van der Waals surface area (Å²) in [6, 6.07) is 0. The summed E-state index contributed by atoms with van der Waals surface area (Å²) >= 11 is 8.51. The fourth-order valence-electron chi connectivity index (χ4n) is 0.941. The second-order valence-corrected chi connectivity index (χ2v) is 3.71. The fraction of sp³-hybridized carbons (Fsp3) is 0.375. The minimum atomic E-state index is -4.64. The van der Waals surface area contributed by atoms with Gasteiger partial charge >= 0.3 is 6.18 Å². The molecule has 2 heterocycles. The van der Waals surface area contributed by atoms with Crippen LogP contribution >= 0.6 is 27.5 Å². The number of halogens is 5. The minimum absolute atomic E-state index is 0.0662. The predicted octanol–water partition coefficient (Wildman–Crippen LogP) is 3.59. The second-order valence-electron chi connectivity index (χ2n) is 2.54. The van der Waals surface area contributed by atoms with Crippen molar-refractivity contribution in [2.75, 3.05) is 0 Å². The molecule has 0 fully saturated rings. The number of aromatic nitrogens is 4. The minimum Gasteiger partial charge on any atom is -0.232 e. The zero-order valence-corrected chi connectivity index (χ0v) is 11.1. The van der Waals surface area contributed by atoms with Gasteiger partial charge in [0.05, 0.1) is 6.20 Å². The number of rotatable bonds is 0. The van der Waals surface area contributed by atoms with Crippen LogP contribution in [0, 0.1) is 0 Å². The number of fused-ring (bicyclic) bond motifs is 1. The van der Waals surface area contributed by atoms with Gasteiger partial charge in [0.25, 0.3) is 5.82 Å². The predicted molar refractivity (Wildman–Crippen MR) is 59.8 cm³/mol. The molecule has 0 aromatic carbocycles. The highest BCUT2D eigenvalue weighted by atomic mass is 79.9. The molecule has 0 unspecified atom stereocenters. The highest BCUT2D eigenvalue weighted by molar-refractivity contribution is 9.10. The average molecular weight is 332 g/mol. The lowest BCUT2D eigenvalue weighted by molar-refractivity contribution is -0.145. The van der Waals surface area contributed by atoms with Gasteiger partial charge in [-0.3, -0.25) is 0 Å². The monoisotopic (exact) mass is 330 g/mol. The molecule has 4 nitrogen and oxygen atoms in total. The third-order valence-corrected chi connectivity index (χ3v) is 2.33. The van der Waals surface area contributed by atoms with Crippen molar-refractivity contribution in [1.29, 1.82) is 0 Å². The SMILES string of the molecule is CC.FC(F)(F)c1nc(Cl)c2ncc(Br)n2n1. The molecule has 0 atom stereocenters. The fourth-order valence-corrected chi connectivity index (χ4v) is 1.50. The average Bonchev–Trinajstić information content (AvgIpc) is 2.63. The Balaban J connectivity index is 0.000000686. The van der Waals surface area contributed by atoms with E-state index in [2.05, 4.69) is 31.0 Å². The lowest BCUT2D eigenvalue weighted by Gasteiger charge is -2.05. The van der Waals surface area contributed by atoms with E-state index in [1.165, 1.54) is 6.20 Å². The molecule has 2 rings (SSSR count). The first kappa shape index (κ1) is 14.2. The third-order valence-electron chi connectivity index (χ3n) is 1.53. The smallest absolute Gasteiger partial charge is 0.232 e. The maximum atomic E-state index is 12.3. The maximum absolute atomic E-state index is 12.3. The molecule has 0 aliphatic rings. The maximum Gasteiger partial charge on any atom is 0.453 e. The van der Waals surface area contributed by atoms with Crippen LogP contribution in [0.1, 0.15) is 19.7 Å². The van der Waals surface area contributed by atoms with Crippen molar-refractivity contribution in [3.05, 3.63) is 21.8 Å². The van der Waals surface area contributed by atoms with Gasteiger partial charge in [-0.2, -0.15) is 13.2 Å². The molecule has 2 aromatic rings. The number of hydrogen-bond acceptors (Lipinski definition) is 3. The van der Waals surface area contributed by atoms with E-state index in [4.69, 9.17) is 11.6 Å². The van der Waals surface area contributed by atoms with Gasteiger partial charge in [-0.1, -0.05) is 25.4 Å². The summed E-state index contributed by atoms with van der Waals surface area (Å²) < 4.78 is 38.1. The van der Waals surface area contributed by atoms with Gasteiger partial charge in [0.1, 0.15) is 4.60 Å². The Bertz CT molecular complexity index is 525. The van der Waals surface area contributed by atoms with E-state index in [1.807, 2.05) is 13.8 Å². The summed E-state index contributed by atoms with van der Waals surface area (Å²) in [4.78, 5) is 6.84. The molecule has 2 aromatic heterocycles. The summed E-state index contributed by atoms with van der Waals surface area (Å²) in [7, 11) is 0. The number of hydrogen-bond donors (Lipinski definition) is 0. The van der Waals surface area contributed by atoms with Gasteiger partial charge in [-0.25, -0.2) is 14.5 Å². The van der Waals surface area contributed by atoms with Crippen molar-refractivity contribution in [2.45, 2.75) is 20.0 Å². The Morgan fingerprint density at radius 1 is 1.35 bits per heavy atom. The second kappa shape index (κ2) is 5.18. The van der Waals surface area contributed by atoms with Gasteiger partial charge in [0.2, 0.25) is 0 Å². The normalized spacial score (nSPS) is 11.2. The van der Waals surface area contributed by atoms with Crippen LogP contribution in [0.3, 0.4) is 0 Å². The van der Waals surface area contributed by atoms with Crippen LogP contribution in [0.4, 0.5) is 13.2 Å². The summed E-state index contributed by atoms with van der Waals surface area (Å²) in [5, 5.41) is 2.91. The van der Waals surface area contributed by atoms with Gasteiger partial charge in [0.15, 0.2) is 10.8 Å². The van der Waals surface area contributed by atoms with Crippen molar-refractivity contribution in [3.63, 3.8) is 0 Å². The van der Waals surface area contributed by atoms with Crippen molar-refractivity contribution < 1.29 is 13.2 Å². The molecule has 0 amide bonds. The Morgan fingerprint density at radius 3 is 2.47 bits per heavy atom. The molecule has 0 radical (unpaired) electrons. The van der Waals surface area contributed by atoms with Gasteiger partial charge in [-0.05, 0) is 15.9 Å². The molecule has 0 aliphatic heterocycles. The zero-order valence-electron chi connectivity index (χ0n) is 8.76.